The molecule has 1 N–H and O–H groups in total. The third-order valence-corrected chi connectivity index (χ3v) is 2.36. The minimum absolute atomic E-state index is 0.124. The molecule has 0 atom stereocenters. The highest BCUT2D eigenvalue weighted by Crippen LogP contribution is 2.23. The Morgan fingerprint density at radius 1 is 1.33 bits per heavy atom. The van der Waals surface area contributed by atoms with E-state index in [9.17, 15) is 8.78 Å². The van der Waals surface area contributed by atoms with Crippen molar-refractivity contribution in [3.8, 4) is 11.8 Å². The second-order valence-corrected chi connectivity index (χ2v) is 3.70. The standard InChI is InChI=1S/C11H10BrF2N/c1-2-3-4-5-15-11-7-9(13)8(12)6-10(11)14/h6-7,15H,4-5H2,1H3. The highest BCUT2D eigenvalue weighted by molar-refractivity contribution is 9.10. The van der Waals surface area contributed by atoms with Gasteiger partial charge in [0.05, 0.1) is 10.2 Å². The van der Waals surface area contributed by atoms with E-state index in [4.69, 9.17) is 0 Å². The van der Waals surface area contributed by atoms with Crippen LogP contribution in [0.4, 0.5) is 14.5 Å². The molecule has 1 rings (SSSR count). The number of hydrogen-bond donors (Lipinski definition) is 1. The van der Waals surface area contributed by atoms with Crippen LogP contribution in [0.5, 0.6) is 0 Å². The van der Waals surface area contributed by atoms with Gasteiger partial charge in [-0.1, -0.05) is 0 Å². The van der Waals surface area contributed by atoms with Crippen LogP contribution in [0.25, 0.3) is 0 Å². The van der Waals surface area contributed by atoms with Crippen molar-refractivity contribution < 1.29 is 8.78 Å². The zero-order valence-electron chi connectivity index (χ0n) is 8.20. The van der Waals surface area contributed by atoms with E-state index in [-0.39, 0.29) is 10.2 Å². The molecule has 0 aliphatic heterocycles. The Hall–Kier alpha value is -1.08. The van der Waals surface area contributed by atoms with Crippen LogP contribution in [-0.4, -0.2) is 6.54 Å². The first kappa shape index (κ1) is 12.0. The predicted octanol–water partition coefficient (Wildman–Crippen LogP) is 3.55. The summed E-state index contributed by atoms with van der Waals surface area (Å²) in [6.45, 7) is 2.23. The maximum Gasteiger partial charge on any atom is 0.147 e. The molecule has 0 aliphatic carbocycles. The van der Waals surface area contributed by atoms with Crippen LogP contribution in [0.15, 0.2) is 16.6 Å². The highest BCUT2D eigenvalue weighted by atomic mass is 79.9. The van der Waals surface area contributed by atoms with Crippen LogP contribution in [0.2, 0.25) is 0 Å². The summed E-state index contributed by atoms with van der Waals surface area (Å²) in [6, 6.07) is 2.22. The number of anilines is 1. The Kier molecular flexibility index (Phi) is 4.57. The van der Waals surface area contributed by atoms with Crippen LogP contribution in [0.3, 0.4) is 0 Å². The molecule has 0 bridgehead atoms. The molecule has 0 unspecified atom stereocenters. The van der Waals surface area contributed by atoms with Gasteiger partial charge in [0.1, 0.15) is 11.6 Å². The van der Waals surface area contributed by atoms with Crippen LogP contribution >= 0.6 is 15.9 Å². The van der Waals surface area contributed by atoms with Crippen molar-refractivity contribution in [1.82, 2.24) is 0 Å². The molecular weight excluding hydrogens is 264 g/mol. The molecule has 0 saturated heterocycles. The third-order valence-electron chi connectivity index (χ3n) is 1.75. The van der Waals surface area contributed by atoms with Gasteiger partial charge in [-0.05, 0) is 28.9 Å². The average Bonchev–Trinajstić information content (AvgIpc) is 2.20. The van der Waals surface area contributed by atoms with Gasteiger partial charge >= 0.3 is 0 Å². The normalized spacial score (nSPS) is 9.33. The zero-order chi connectivity index (χ0) is 11.3. The number of hydrogen-bond acceptors (Lipinski definition) is 1. The Labute approximate surface area is 96.0 Å². The van der Waals surface area contributed by atoms with Gasteiger partial charge in [-0.3, -0.25) is 0 Å². The average molecular weight is 274 g/mol. The largest absolute Gasteiger partial charge is 0.382 e. The van der Waals surface area contributed by atoms with E-state index in [0.29, 0.717) is 13.0 Å². The van der Waals surface area contributed by atoms with E-state index in [0.717, 1.165) is 12.1 Å². The first-order valence-corrected chi connectivity index (χ1v) is 5.22. The van der Waals surface area contributed by atoms with Crippen LogP contribution in [-0.2, 0) is 0 Å². The second-order valence-electron chi connectivity index (χ2n) is 2.85. The van der Waals surface area contributed by atoms with Crippen LogP contribution in [0, 0.1) is 23.5 Å². The fourth-order valence-corrected chi connectivity index (χ4v) is 1.36. The first-order chi connectivity index (χ1) is 7.15. The summed E-state index contributed by atoms with van der Waals surface area (Å²) in [6.07, 6.45) is 0.605. The van der Waals surface area contributed by atoms with Crippen molar-refractivity contribution >= 4 is 21.6 Å². The van der Waals surface area contributed by atoms with Crippen molar-refractivity contribution in [1.29, 1.82) is 0 Å². The lowest BCUT2D eigenvalue weighted by molar-refractivity contribution is 0.596. The van der Waals surface area contributed by atoms with E-state index < -0.39 is 11.6 Å². The smallest absolute Gasteiger partial charge is 0.147 e. The number of nitrogens with one attached hydrogen (secondary N) is 1. The Morgan fingerprint density at radius 3 is 2.73 bits per heavy atom. The van der Waals surface area contributed by atoms with Crippen molar-refractivity contribution in [3.63, 3.8) is 0 Å². The van der Waals surface area contributed by atoms with Crippen molar-refractivity contribution in [3.05, 3.63) is 28.2 Å². The van der Waals surface area contributed by atoms with Gasteiger partial charge in [0.15, 0.2) is 0 Å². The maximum absolute atomic E-state index is 13.2. The molecule has 0 radical (unpaired) electrons. The Morgan fingerprint density at radius 2 is 2.07 bits per heavy atom. The quantitative estimate of drug-likeness (QED) is 0.505. The van der Waals surface area contributed by atoms with Crippen molar-refractivity contribution in [2.45, 2.75) is 13.3 Å². The van der Waals surface area contributed by atoms with Gasteiger partial charge in [-0.2, -0.15) is 0 Å². The van der Waals surface area contributed by atoms with E-state index in [1.807, 2.05) is 0 Å². The molecule has 0 fully saturated rings. The van der Waals surface area contributed by atoms with Gasteiger partial charge < -0.3 is 5.32 Å². The van der Waals surface area contributed by atoms with Crippen molar-refractivity contribution in [2.24, 2.45) is 0 Å². The number of halogens is 3. The summed E-state index contributed by atoms with van der Waals surface area (Å²) in [5.41, 5.74) is 0.161. The number of benzene rings is 1. The monoisotopic (exact) mass is 273 g/mol. The van der Waals surface area contributed by atoms with Gasteiger partial charge in [-0.15, -0.1) is 11.8 Å². The lowest BCUT2D eigenvalue weighted by Gasteiger charge is -2.06. The number of rotatable bonds is 3. The minimum atomic E-state index is -0.486. The fourth-order valence-electron chi connectivity index (χ4n) is 1.04. The summed E-state index contributed by atoms with van der Waals surface area (Å²) in [4.78, 5) is 0. The van der Waals surface area contributed by atoms with Crippen molar-refractivity contribution in [2.75, 3.05) is 11.9 Å². The Balaban J connectivity index is 2.67. The first-order valence-electron chi connectivity index (χ1n) is 4.43. The molecule has 4 heteroatoms. The Bertz CT molecular complexity index is 407. The molecular formula is C11H10BrF2N. The molecule has 0 saturated carbocycles. The van der Waals surface area contributed by atoms with E-state index in [2.05, 4.69) is 33.1 Å². The molecule has 0 amide bonds. The fraction of sp³-hybridized carbons (Fsp3) is 0.273. The topological polar surface area (TPSA) is 12.0 Å². The van der Waals surface area contributed by atoms with Gasteiger partial charge in [0, 0.05) is 19.0 Å². The lowest BCUT2D eigenvalue weighted by Crippen LogP contribution is -2.03. The molecule has 15 heavy (non-hydrogen) atoms. The van der Waals surface area contributed by atoms with E-state index in [1.54, 1.807) is 6.92 Å². The predicted molar refractivity (Wildman–Crippen MR) is 60.6 cm³/mol. The summed E-state index contributed by atoms with van der Waals surface area (Å²) in [7, 11) is 0. The SMILES string of the molecule is CC#CCCNc1cc(F)c(Br)cc1F. The summed E-state index contributed by atoms with van der Waals surface area (Å²) >= 11 is 2.91. The van der Waals surface area contributed by atoms with Gasteiger partial charge in [0.25, 0.3) is 0 Å². The molecule has 0 aromatic heterocycles. The van der Waals surface area contributed by atoms with Gasteiger partial charge in [-0.25, -0.2) is 8.78 Å². The molecule has 1 aromatic rings. The second kappa shape index (κ2) is 5.72. The highest BCUT2D eigenvalue weighted by Gasteiger charge is 2.06. The molecule has 1 aromatic carbocycles. The summed E-state index contributed by atoms with van der Waals surface area (Å²) in [5, 5.41) is 2.78. The molecule has 0 spiro atoms. The van der Waals surface area contributed by atoms with E-state index in [1.165, 1.54) is 0 Å². The molecule has 0 heterocycles. The van der Waals surface area contributed by atoms with Crippen LogP contribution < -0.4 is 5.32 Å². The summed E-state index contributed by atoms with van der Waals surface area (Å²) in [5.74, 6) is 4.59. The minimum Gasteiger partial charge on any atom is -0.382 e. The third kappa shape index (κ3) is 3.52. The van der Waals surface area contributed by atoms with Crippen LogP contribution in [0.1, 0.15) is 13.3 Å². The lowest BCUT2D eigenvalue weighted by atomic mass is 10.3. The zero-order valence-corrected chi connectivity index (χ0v) is 9.79. The van der Waals surface area contributed by atoms with Gasteiger partial charge in [0.2, 0.25) is 0 Å². The molecule has 0 aliphatic rings. The maximum atomic E-state index is 13.2. The molecule has 1 nitrogen and oxygen atoms in total. The summed E-state index contributed by atoms with van der Waals surface area (Å²) < 4.78 is 26.4. The van der Waals surface area contributed by atoms with E-state index >= 15 is 0 Å². The molecule has 80 valence electrons.